The number of aliphatic hydroxyl groups is 1. The molecular formula is C15H16N2O3. The van der Waals surface area contributed by atoms with E-state index in [4.69, 9.17) is 15.2 Å². The lowest BCUT2D eigenvalue weighted by Crippen LogP contribution is -2.15. The molecule has 0 amide bonds. The van der Waals surface area contributed by atoms with Gasteiger partial charge in [-0.25, -0.2) is 0 Å². The second kappa shape index (κ2) is 5.38. The van der Waals surface area contributed by atoms with Gasteiger partial charge in [-0.15, -0.1) is 0 Å². The predicted molar refractivity (Wildman–Crippen MR) is 74.7 cm³/mol. The lowest BCUT2D eigenvalue weighted by atomic mass is 10.0. The van der Waals surface area contributed by atoms with Gasteiger partial charge in [-0.3, -0.25) is 4.98 Å². The fourth-order valence-corrected chi connectivity index (χ4v) is 2.20. The number of hydrogen-bond acceptors (Lipinski definition) is 5. The van der Waals surface area contributed by atoms with E-state index < -0.39 is 6.10 Å². The molecule has 3 rings (SSSR count). The molecule has 3 N–H and O–H groups in total. The second-order valence-corrected chi connectivity index (χ2v) is 4.70. The van der Waals surface area contributed by atoms with Crippen LogP contribution in [0.4, 0.5) is 5.69 Å². The van der Waals surface area contributed by atoms with Gasteiger partial charge in [-0.05, 0) is 29.3 Å². The minimum absolute atomic E-state index is 0.416. The van der Waals surface area contributed by atoms with Gasteiger partial charge in [0.2, 0.25) is 0 Å². The van der Waals surface area contributed by atoms with Crippen molar-refractivity contribution in [2.75, 3.05) is 18.9 Å². The quantitative estimate of drug-likeness (QED) is 0.889. The van der Waals surface area contributed by atoms with E-state index in [2.05, 4.69) is 4.98 Å². The first kappa shape index (κ1) is 12.7. The summed E-state index contributed by atoms with van der Waals surface area (Å²) in [6.07, 6.45) is 3.07. The van der Waals surface area contributed by atoms with Gasteiger partial charge >= 0.3 is 0 Å². The maximum Gasteiger partial charge on any atom is 0.161 e. The predicted octanol–water partition coefficient (Wildman–Crippen LogP) is 1.71. The largest absolute Gasteiger partial charge is 0.486 e. The third kappa shape index (κ3) is 2.53. The number of ether oxygens (including phenoxy) is 2. The summed E-state index contributed by atoms with van der Waals surface area (Å²) in [5.74, 6) is 1.39. The highest BCUT2D eigenvalue weighted by Gasteiger charge is 2.16. The van der Waals surface area contributed by atoms with E-state index in [1.54, 1.807) is 18.5 Å². The molecular weight excluding hydrogens is 256 g/mol. The van der Waals surface area contributed by atoms with E-state index in [-0.39, 0.29) is 0 Å². The summed E-state index contributed by atoms with van der Waals surface area (Å²) in [5.41, 5.74) is 8.10. The topological polar surface area (TPSA) is 77.6 Å². The van der Waals surface area contributed by atoms with E-state index in [1.165, 1.54) is 0 Å². The van der Waals surface area contributed by atoms with Gasteiger partial charge < -0.3 is 20.3 Å². The highest BCUT2D eigenvalue weighted by molar-refractivity contribution is 5.47. The lowest BCUT2D eigenvalue weighted by Gasteiger charge is -2.20. The number of nitrogen functional groups attached to an aromatic ring is 1. The van der Waals surface area contributed by atoms with Crippen molar-refractivity contribution in [3.05, 3.63) is 47.8 Å². The van der Waals surface area contributed by atoms with Gasteiger partial charge in [0.25, 0.3) is 0 Å². The molecule has 0 fully saturated rings. The van der Waals surface area contributed by atoms with Crippen molar-refractivity contribution < 1.29 is 14.6 Å². The minimum atomic E-state index is -0.655. The Hall–Kier alpha value is -2.27. The summed E-state index contributed by atoms with van der Waals surface area (Å²) in [6.45, 7) is 1.09. The van der Waals surface area contributed by atoms with Crippen LogP contribution in [-0.2, 0) is 6.42 Å². The van der Waals surface area contributed by atoms with Crippen LogP contribution in [0.25, 0.3) is 0 Å². The summed E-state index contributed by atoms with van der Waals surface area (Å²) in [5, 5.41) is 10.3. The van der Waals surface area contributed by atoms with Crippen molar-refractivity contribution in [2.45, 2.75) is 12.5 Å². The molecule has 5 heteroatoms. The van der Waals surface area contributed by atoms with Crippen molar-refractivity contribution in [1.29, 1.82) is 0 Å². The maximum atomic E-state index is 10.3. The van der Waals surface area contributed by atoms with Crippen molar-refractivity contribution in [3.63, 3.8) is 0 Å². The number of fused-ring (bicyclic) bond motifs is 1. The smallest absolute Gasteiger partial charge is 0.161 e. The van der Waals surface area contributed by atoms with E-state index >= 15 is 0 Å². The summed E-state index contributed by atoms with van der Waals surface area (Å²) in [6, 6.07) is 7.20. The van der Waals surface area contributed by atoms with Crippen molar-refractivity contribution in [3.8, 4) is 11.5 Å². The van der Waals surface area contributed by atoms with Gasteiger partial charge in [0, 0.05) is 24.5 Å². The van der Waals surface area contributed by atoms with Crippen molar-refractivity contribution in [2.24, 2.45) is 0 Å². The third-order valence-corrected chi connectivity index (χ3v) is 3.31. The standard InChI is InChI=1S/C15H16N2O3/c16-12-3-4-17-9-11(12)7-13(18)10-1-2-14-15(8-10)20-6-5-19-14/h1-4,8-9,13,18H,5-7H2,(H2,16,17). The van der Waals surface area contributed by atoms with Crippen molar-refractivity contribution >= 4 is 5.69 Å². The zero-order valence-corrected chi connectivity index (χ0v) is 11.0. The SMILES string of the molecule is Nc1ccncc1CC(O)c1ccc2c(c1)OCCO2. The Morgan fingerprint density at radius 2 is 2.00 bits per heavy atom. The number of benzene rings is 1. The number of nitrogens with two attached hydrogens (primary N) is 1. The highest BCUT2D eigenvalue weighted by atomic mass is 16.6. The summed E-state index contributed by atoms with van der Waals surface area (Å²) in [4.78, 5) is 4.03. The van der Waals surface area contributed by atoms with Crippen LogP contribution in [0.3, 0.4) is 0 Å². The average Bonchev–Trinajstić information content (AvgIpc) is 2.49. The molecule has 1 unspecified atom stereocenters. The van der Waals surface area contributed by atoms with Crippen LogP contribution in [0.5, 0.6) is 11.5 Å². The fraction of sp³-hybridized carbons (Fsp3) is 0.267. The molecule has 5 nitrogen and oxygen atoms in total. The number of rotatable bonds is 3. The molecule has 1 aromatic carbocycles. The molecule has 0 radical (unpaired) electrons. The molecule has 2 aromatic rings. The zero-order valence-electron chi connectivity index (χ0n) is 11.0. The van der Waals surface area contributed by atoms with E-state index in [0.29, 0.717) is 36.8 Å². The van der Waals surface area contributed by atoms with Gasteiger partial charge in [0.05, 0.1) is 6.10 Å². The number of nitrogens with zero attached hydrogens (tertiary/aromatic N) is 1. The molecule has 20 heavy (non-hydrogen) atoms. The van der Waals surface area contributed by atoms with Gasteiger partial charge in [0.1, 0.15) is 13.2 Å². The minimum Gasteiger partial charge on any atom is -0.486 e. The van der Waals surface area contributed by atoms with Crippen LogP contribution in [0, 0.1) is 0 Å². The molecule has 1 atom stereocenters. The van der Waals surface area contributed by atoms with Gasteiger partial charge in [0.15, 0.2) is 11.5 Å². The van der Waals surface area contributed by atoms with Crippen LogP contribution in [0.15, 0.2) is 36.7 Å². The Bertz CT molecular complexity index is 616. The number of anilines is 1. The second-order valence-electron chi connectivity index (χ2n) is 4.70. The van der Waals surface area contributed by atoms with Crippen LogP contribution in [0.1, 0.15) is 17.2 Å². The van der Waals surface area contributed by atoms with Crippen molar-refractivity contribution in [1.82, 2.24) is 4.98 Å². The molecule has 0 bridgehead atoms. The normalized spacial score (nSPS) is 14.8. The summed E-state index contributed by atoms with van der Waals surface area (Å²) >= 11 is 0. The Morgan fingerprint density at radius 3 is 2.80 bits per heavy atom. The first-order chi connectivity index (χ1) is 9.74. The molecule has 0 saturated carbocycles. The molecule has 0 spiro atoms. The van der Waals surface area contributed by atoms with E-state index in [0.717, 1.165) is 11.1 Å². The molecule has 1 aromatic heterocycles. The zero-order chi connectivity index (χ0) is 13.9. The van der Waals surface area contributed by atoms with Gasteiger partial charge in [-0.1, -0.05) is 6.07 Å². The number of aromatic nitrogens is 1. The van der Waals surface area contributed by atoms with Crippen LogP contribution in [0.2, 0.25) is 0 Å². The molecule has 1 aliphatic rings. The number of aliphatic hydroxyl groups excluding tert-OH is 1. The molecule has 0 aliphatic carbocycles. The monoisotopic (exact) mass is 272 g/mol. The summed E-state index contributed by atoms with van der Waals surface area (Å²) < 4.78 is 11.0. The molecule has 104 valence electrons. The van der Waals surface area contributed by atoms with Gasteiger partial charge in [-0.2, -0.15) is 0 Å². The average molecular weight is 272 g/mol. The Labute approximate surface area is 117 Å². The molecule has 0 saturated heterocycles. The lowest BCUT2D eigenvalue weighted by molar-refractivity contribution is 0.164. The number of pyridine rings is 1. The molecule has 1 aliphatic heterocycles. The van der Waals surface area contributed by atoms with Crippen LogP contribution < -0.4 is 15.2 Å². The van der Waals surface area contributed by atoms with Crippen LogP contribution >= 0.6 is 0 Å². The molecule has 2 heterocycles. The van der Waals surface area contributed by atoms with E-state index in [9.17, 15) is 5.11 Å². The third-order valence-electron chi connectivity index (χ3n) is 3.31. The van der Waals surface area contributed by atoms with E-state index in [1.807, 2.05) is 18.2 Å². The summed E-state index contributed by atoms with van der Waals surface area (Å²) in [7, 11) is 0. The Balaban J connectivity index is 1.80. The van der Waals surface area contributed by atoms with Crippen LogP contribution in [-0.4, -0.2) is 23.3 Å². The Morgan fingerprint density at radius 1 is 1.20 bits per heavy atom. The highest BCUT2D eigenvalue weighted by Crippen LogP contribution is 2.33. The Kier molecular flexibility index (Phi) is 3.43. The first-order valence-electron chi connectivity index (χ1n) is 6.50. The maximum absolute atomic E-state index is 10.3. The fourth-order valence-electron chi connectivity index (χ4n) is 2.20. The first-order valence-corrected chi connectivity index (χ1v) is 6.50. The number of hydrogen-bond donors (Lipinski definition) is 2.